The van der Waals surface area contributed by atoms with Gasteiger partial charge < -0.3 is 19.5 Å². The van der Waals surface area contributed by atoms with E-state index in [1.165, 1.54) is 4.90 Å². The normalized spacial score (nSPS) is 14.3. The molecule has 0 spiro atoms. The predicted octanol–water partition coefficient (Wildman–Crippen LogP) is 1.83. The molecule has 1 amide bonds. The molecule has 1 heterocycles. The van der Waals surface area contributed by atoms with Gasteiger partial charge in [-0.15, -0.1) is 0 Å². The van der Waals surface area contributed by atoms with Crippen LogP contribution in [0.3, 0.4) is 0 Å². The number of benzene rings is 1. The summed E-state index contributed by atoms with van der Waals surface area (Å²) in [5, 5.41) is 9.29. The number of hydrogen-bond donors (Lipinski definition) is 1. The fraction of sp³-hybridized carbons (Fsp3) is 0.467. The molecule has 2 rings (SSSR count). The molecule has 0 aliphatic carbocycles. The molecule has 1 aromatic rings. The van der Waals surface area contributed by atoms with Crippen molar-refractivity contribution in [2.45, 2.75) is 13.3 Å². The standard InChI is InChI=1S/C15H18ClNO5/c1-9(15(19)20)8-17(2)13(18)7-10-5-11(16)14-12(6-10)21-3-4-22-14/h5-6,9H,3-4,7-8H2,1-2H3,(H,19,20). The van der Waals surface area contributed by atoms with Crippen molar-refractivity contribution in [3.63, 3.8) is 0 Å². The molecule has 0 bridgehead atoms. The number of carbonyl (C=O) groups excluding carboxylic acids is 1. The number of nitrogens with zero attached hydrogens (tertiary/aromatic N) is 1. The minimum Gasteiger partial charge on any atom is -0.486 e. The summed E-state index contributed by atoms with van der Waals surface area (Å²) in [7, 11) is 1.58. The number of carbonyl (C=O) groups is 2. The number of amides is 1. The van der Waals surface area contributed by atoms with E-state index in [9.17, 15) is 9.59 Å². The average molecular weight is 328 g/mol. The summed E-state index contributed by atoms with van der Waals surface area (Å²) in [4.78, 5) is 24.4. The number of carboxylic acids is 1. The molecule has 1 unspecified atom stereocenters. The van der Waals surface area contributed by atoms with Gasteiger partial charge in [0.15, 0.2) is 11.5 Å². The lowest BCUT2D eigenvalue weighted by molar-refractivity contribution is -0.142. The Labute approximate surface area is 133 Å². The lowest BCUT2D eigenvalue weighted by Crippen LogP contribution is -2.34. The maximum atomic E-state index is 12.2. The zero-order valence-corrected chi connectivity index (χ0v) is 13.2. The van der Waals surface area contributed by atoms with Crippen molar-refractivity contribution in [2.75, 3.05) is 26.8 Å². The van der Waals surface area contributed by atoms with Gasteiger partial charge in [-0.25, -0.2) is 0 Å². The zero-order chi connectivity index (χ0) is 16.3. The minimum absolute atomic E-state index is 0.124. The Morgan fingerprint density at radius 3 is 2.73 bits per heavy atom. The van der Waals surface area contributed by atoms with E-state index in [0.29, 0.717) is 35.3 Å². The maximum absolute atomic E-state index is 12.2. The Bertz CT molecular complexity index is 590. The predicted molar refractivity (Wildman–Crippen MR) is 80.6 cm³/mol. The van der Waals surface area contributed by atoms with Crippen LogP contribution < -0.4 is 9.47 Å². The molecule has 0 radical (unpaired) electrons. The number of halogens is 1. The first-order chi connectivity index (χ1) is 10.4. The minimum atomic E-state index is -0.929. The molecule has 22 heavy (non-hydrogen) atoms. The van der Waals surface area contributed by atoms with E-state index in [0.717, 1.165) is 0 Å². The third kappa shape index (κ3) is 3.82. The van der Waals surface area contributed by atoms with Crippen molar-refractivity contribution in [3.8, 4) is 11.5 Å². The summed E-state index contributed by atoms with van der Waals surface area (Å²) in [6, 6.07) is 3.40. The van der Waals surface area contributed by atoms with Gasteiger partial charge in [-0.2, -0.15) is 0 Å². The highest BCUT2D eigenvalue weighted by Gasteiger charge is 2.20. The van der Waals surface area contributed by atoms with Gasteiger partial charge in [-0.3, -0.25) is 9.59 Å². The molecule has 1 aliphatic heterocycles. The molecule has 1 atom stereocenters. The van der Waals surface area contributed by atoms with Gasteiger partial charge >= 0.3 is 5.97 Å². The highest BCUT2D eigenvalue weighted by Crippen LogP contribution is 2.38. The highest BCUT2D eigenvalue weighted by atomic mass is 35.5. The van der Waals surface area contributed by atoms with Crippen molar-refractivity contribution in [1.29, 1.82) is 0 Å². The molecule has 120 valence electrons. The van der Waals surface area contributed by atoms with Crippen LogP contribution >= 0.6 is 11.6 Å². The van der Waals surface area contributed by atoms with Crippen LogP contribution in [-0.2, 0) is 16.0 Å². The number of hydrogen-bond acceptors (Lipinski definition) is 4. The zero-order valence-electron chi connectivity index (χ0n) is 12.5. The van der Waals surface area contributed by atoms with Gasteiger partial charge in [0.2, 0.25) is 5.91 Å². The first kappa shape index (κ1) is 16.4. The number of likely N-dealkylation sites (N-methyl/N-ethyl adjacent to an activating group) is 1. The second kappa shape index (κ2) is 6.87. The Balaban J connectivity index is 2.05. The van der Waals surface area contributed by atoms with Crippen LogP contribution in [0.5, 0.6) is 11.5 Å². The smallest absolute Gasteiger partial charge is 0.308 e. The molecular weight excluding hydrogens is 310 g/mol. The Hall–Kier alpha value is -1.95. The summed E-state index contributed by atoms with van der Waals surface area (Å²) in [5.74, 6) is -0.694. The number of carboxylic acid groups (broad SMARTS) is 1. The SMILES string of the molecule is CC(CN(C)C(=O)Cc1cc(Cl)c2c(c1)OCCO2)C(=O)O. The van der Waals surface area contributed by atoms with Crippen molar-refractivity contribution >= 4 is 23.5 Å². The van der Waals surface area contributed by atoms with E-state index in [1.54, 1.807) is 26.1 Å². The number of rotatable bonds is 5. The number of aliphatic carboxylic acids is 1. The van der Waals surface area contributed by atoms with Crippen molar-refractivity contribution in [2.24, 2.45) is 5.92 Å². The quantitative estimate of drug-likeness (QED) is 0.893. The summed E-state index contributed by atoms with van der Waals surface area (Å²) in [6.45, 7) is 2.61. The van der Waals surface area contributed by atoms with Crippen molar-refractivity contribution in [3.05, 3.63) is 22.7 Å². The van der Waals surface area contributed by atoms with Crippen LogP contribution in [0.4, 0.5) is 0 Å². The molecule has 0 saturated heterocycles. The van der Waals surface area contributed by atoms with Crippen LogP contribution in [0.15, 0.2) is 12.1 Å². The van der Waals surface area contributed by atoms with Gasteiger partial charge in [0.05, 0.1) is 17.4 Å². The molecule has 1 aromatic carbocycles. The van der Waals surface area contributed by atoms with Crippen molar-refractivity contribution in [1.82, 2.24) is 4.90 Å². The lowest BCUT2D eigenvalue weighted by Gasteiger charge is -2.22. The van der Waals surface area contributed by atoms with Gasteiger partial charge in [0, 0.05) is 13.6 Å². The largest absolute Gasteiger partial charge is 0.486 e. The third-order valence-corrected chi connectivity index (χ3v) is 3.69. The van der Waals surface area contributed by atoms with E-state index in [1.807, 2.05) is 0 Å². The number of ether oxygens (including phenoxy) is 2. The first-order valence-electron chi connectivity index (χ1n) is 6.93. The number of fused-ring (bicyclic) bond motifs is 1. The van der Waals surface area contributed by atoms with Crippen LogP contribution in [0, 0.1) is 5.92 Å². The van der Waals surface area contributed by atoms with E-state index in [4.69, 9.17) is 26.2 Å². The second-order valence-corrected chi connectivity index (χ2v) is 5.70. The van der Waals surface area contributed by atoms with E-state index < -0.39 is 11.9 Å². The lowest BCUT2D eigenvalue weighted by atomic mass is 10.1. The van der Waals surface area contributed by atoms with E-state index >= 15 is 0 Å². The first-order valence-corrected chi connectivity index (χ1v) is 7.31. The van der Waals surface area contributed by atoms with Gasteiger partial charge in [-0.1, -0.05) is 18.5 Å². The molecule has 7 heteroatoms. The molecular formula is C15H18ClNO5. The fourth-order valence-electron chi connectivity index (χ4n) is 2.17. The topological polar surface area (TPSA) is 76.1 Å². The molecule has 0 fully saturated rings. The second-order valence-electron chi connectivity index (χ2n) is 5.29. The summed E-state index contributed by atoms with van der Waals surface area (Å²) < 4.78 is 10.9. The third-order valence-electron chi connectivity index (χ3n) is 3.41. The van der Waals surface area contributed by atoms with Crippen LogP contribution in [0.1, 0.15) is 12.5 Å². The highest BCUT2D eigenvalue weighted by molar-refractivity contribution is 6.32. The maximum Gasteiger partial charge on any atom is 0.308 e. The average Bonchev–Trinajstić information content (AvgIpc) is 2.47. The summed E-state index contributed by atoms with van der Waals surface area (Å²) in [5.41, 5.74) is 0.703. The van der Waals surface area contributed by atoms with Crippen LogP contribution in [-0.4, -0.2) is 48.7 Å². The Kier molecular flexibility index (Phi) is 5.13. The van der Waals surface area contributed by atoms with Gasteiger partial charge in [-0.05, 0) is 17.7 Å². The molecule has 0 saturated carbocycles. The van der Waals surface area contributed by atoms with E-state index in [-0.39, 0.29) is 18.9 Å². The molecule has 6 nitrogen and oxygen atoms in total. The summed E-state index contributed by atoms with van der Waals surface area (Å²) in [6.07, 6.45) is 0.124. The van der Waals surface area contributed by atoms with Crippen LogP contribution in [0.2, 0.25) is 5.02 Å². The summed E-state index contributed by atoms with van der Waals surface area (Å²) >= 11 is 6.13. The molecule has 1 N–H and O–H groups in total. The van der Waals surface area contributed by atoms with Crippen molar-refractivity contribution < 1.29 is 24.2 Å². The Morgan fingerprint density at radius 2 is 2.05 bits per heavy atom. The molecule has 1 aliphatic rings. The monoisotopic (exact) mass is 327 g/mol. The molecule has 0 aromatic heterocycles. The van der Waals surface area contributed by atoms with Gasteiger partial charge in [0.25, 0.3) is 0 Å². The van der Waals surface area contributed by atoms with Gasteiger partial charge in [0.1, 0.15) is 13.2 Å². The fourth-order valence-corrected chi connectivity index (χ4v) is 2.45. The van der Waals surface area contributed by atoms with Crippen LogP contribution in [0.25, 0.3) is 0 Å². The van der Waals surface area contributed by atoms with E-state index in [2.05, 4.69) is 0 Å². The Morgan fingerprint density at radius 1 is 1.36 bits per heavy atom.